The molecule has 30 heavy (non-hydrogen) atoms. The highest BCUT2D eigenvalue weighted by Crippen LogP contribution is 2.30. The average Bonchev–Trinajstić information content (AvgIpc) is 3.48. The van der Waals surface area contributed by atoms with E-state index in [4.69, 9.17) is 5.73 Å². The van der Waals surface area contributed by atoms with Crippen LogP contribution in [0.5, 0.6) is 0 Å². The number of nitrogens with one attached hydrogen (secondary N) is 3. The number of hydrogen-bond donors (Lipinski definition) is 4. The molecule has 2 aromatic carbocycles. The summed E-state index contributed by atoms with van der Waals surface area (Å²) in [6.45, 7) is 1.33. The number of benzene rings is 2. The summed E-state index contributed by atoms with van der Waals surface area (Å²) in [5, 5.41) is 11.0. The van der Waals surface area contributed by atoms with Crippen LogP contribution >= 0.6 is 11.3 Å². The van der Waals surface area contributed by atoms with E-state index >= 15 is 0 Å². The third-order valence-electron chi connectivity index (χ3n) is 5.17. The van der Waals surface area contributed by atoms with Crippen molar-refractivity contribution in [3.05, 3.63) is 71.1 Å². The number of carbonyl (C=O) groups is 2. The minimum absolute atomic E-state index is 0.0235. The summed E-state index contributed by atoms with van der Waals surface area (Å²) in [5.41, 5.74) is 9.65. The van der Waals surface area contributed by atoms with Gasteiger partial charge in [0.25, 0.3) is 5.91 Å². The highest BCUT2D eigenvalue weighted by atomic mass is 32.1. The van der Waals surface area contributed by atoms with Gasteiger partial charge in [0.1, 0.15) is 0 Å². The summed E-state index contributed by atoms with van der Waals surface area (Å²) < 4.78 is 0. The second-order valence-corrected chi connectivity index (χ2v) is 8.24. The largest absolute Gasteiger partial charge is 0.397 e. The fourth-order valence-electron chi connectivity index (χ4n) is 3.45. The maximum absolute atomic E-state index is 12.7. The molecule has 1 aliphatic rings. The molecular weight excluding hydrogens is 396 g/mol. The van der Waals surface area contributed by atoms with Crippen molar-refractivity contribution in [1.82, 2.24) is 10.6 Å². The van der Waals surface area contributed by atoms with Crippen molar-refractivity contribution < 1.29 is 9.59 Å². The molecule has 1 fully saturated rings. The van der Waals surface area contributed by atoms with E-state index in [-0.39, 0.29) is 17.9 Å². The van der Waals surface area contributed by atoms with E-state index in [1.807, 2.05) is 41.8 Å². The molecule has 1 unspecified atom stereocenters. The highest BCUT2D eigenvalue weighted by molar-refractivity contribution is 7.13. The zero-order chi connectivity index (χ0) is 20.9. The molecule has 0 saturated carbocycles. The third-order valence-corrected chi connectivity index (χ3v) is 6.09. The lowest BCUT2D eigenvalue weighted by molar-refractivity contribution is -0.122. The molecule has 0 bridgehead atoms. The lowest BCUT2D eigenvalue weighted by Crippen LogP contribution is -2.39. The maximum Gasteiger partial charge on any atom is 0.255 e. The number of rotatable bonds is 6. The molecule has 1 aromatic heterocycles. The van der Waals surface area contributed by atoms with E-state index in [9.17, 15) is 9.59 Å². The number of nitrogens with two attached hydrogens (primary N) is 1. The molecule has 1 atom stereocenters. The van der Waals surface area contributed by atoms with Crippen LogP contribution in [0.4, 0.5) is 11.4 Å². The second kappa shape index (κ2) is 9.11. The van der Waals surface area contributed by atoms with Gasteiger partial charge in [-0.1, -0.05) is 24.3 Å². The predicted molar refractivity (Wildman–Crippen MR) is 121 cm³/mol. The smallest absolute Gasteiger partial charge is 0.255 e. The Kier molecular flexibility index (Phi) is 6.11. The fourth-order valence-corrected chi connectivity index (χ4v) is 4.17. The predicted octanol–water partition coefficient (Wildman–Crippen LogP) is 3.62. The van der Waals surface area contributed by atoms with E-state index in [1.165, 1.54) is 0 Å². The van der Waals surface area contributed by atoms with Crippen molar-refractivity contribution in [3.63, 3.8) is 0 Å². The van der Waals surface area contributed by atoms with Gasteiger partial charge in [-0.15, -0.1) is 11.3 Å². The van der Waals surface area contributed by atoms with Crippen molar-refractivity contribution in [2.45, 2.75) is 25.4 Å². The molecule has 1 aliphatic heterocycles. The van der Waals surface area contributed by atoms with Gasteiger partial charge in [-0.3, -0.25) is 9.59 Å². The molecule has 6 nitrogen and oxygen atoms in total. The number of carbonyl (C=O) groups excluding carboxylic acids is 2. The molecule has 5 N–H and O–H groups in total. The first-order valence-corrected chi connectivity index (χ1v) is 10.8. The van der Waals surface area contributed by atoms with Gasteiger partial charge in [0.2, 0.25) is 5.91 Å². The van der Waals surface area contributed by atoms with E-state index in [1.54, 1.807) is 29.5 Å². The van der Waals surface area contributed by atoms with Gasteiger partial charge in [0.15, 0.2) is 0 Å². The Morgan fingerprint density at radius 2 is 1.97 bits per heavy atom. The van der Waals surface area contributed by atoms with Gasteiger partial charge >= 0.3 is 0 Å². The van der Waals surface area contributed by atoms with Crippen molar-refractivity contribution in [3.8, 4) is 10.4 Å². The van der Waals surface area contributed by atoms with E-state index < -0.39 is 0 Å². The molecule has 7 heteroatoms. The maximum atomic E-state index is 12.7. The van der Waals surface area contributed by atoms with Crippen LogP contribution in [0.3, 0.4) is 0 Å². The first-order valence-electron chi connectivity index (χ1n) is 9.95. The molecule has 0 radical (unpaired) electrons. The van der Waals surface area contributed by atoms with Crippen molar-refractivity contribution >= 4 is 34.5 Å². The van der Waals surface area contributed by atoms with Crippen LogP contribution in [0, 0.1) is 0 Å². The topological polar surface area (TPSA) is 96.2 Å². The van der Waals surface area contributed by atoms with Crippen molar-refractivity contribution in [1.29, 1.82) is 0 Å². The molecule has 2 amide bonds. The SMILES string of the molecule is Nc1ccc(-c2cccs2)cc1NC(=O)c1ccc(CNC(=O)C2CCCN2)cc1. The number of thiophene rings is 1. The van der Waals surface area contributed by atoms with Crippen LogP contribution in [0.15, 0.2) is 60.0 Å². The number of anilines is 2. The zero-order valence-corrected chi connectivity index (χ0v) is 17.3. The van der Waals surface area contributed by atoms with Crippen LogP contribution in [0.25, 0.3) is 10.4 Å². The number of nitrogen functional groups attached to an aromatic ring is 1. The quantitative estimate of drug-likeness (QED) is 0.458. The molecule has 2 heterocycles. The Balaban J connectivity index is 1.38. The van der Waals surface area contributed by atoms with Gasteiger partial charge in [-0.05, 0) is 66.2 Å². The fraction of sp³-hybridized carbons (Fsp3) is 0.217. The van der Waals surface area contributed by atoms with Gasteiger partial charge in [0.05, 0.1) is 17.4 Å². The Hall–Kier alpha value is -3.16. The highest BCUT2D eigenvalue weighted by Gasteiger charge is 2.21. The Labute approximate surface area is 179 Å². The molecule has 4 rings (SSSR count). The summed E-state index contributed by atoms with van der Waals surface area (Å²) in [5.74, 6) is -0.203. The first-order chi connectivity index (χ1) is 14.6. The minimum Gasteiger partial charge on any atom is -0.397 e. The molecule has 0 spiro atoms. The Bertz CT molecular complexity index is 1030. The molecular formula is C23H24N4O2S. The number of amides is 2. The van der Waals surface area contributed by atoms with Gasteiger partial charge in [-0.25, -0.2) is 0 Å². The van der Waals surface area contributed by atoms with Crippen LogP contribution in [0.2, 0.25) is 0 Å². The standard InChI is InChI=1S/C23H24N4O2S/c24-18-10-9-17(21-4-2-12-30-21)13-20(18)27-22(28)16-7-5-15(6-8-16)14-26-23(29)19-3-1-11-25-19/h2,4-10,12-13,19,25H,1,3,11,14,24H2,(H,26,29)(H,27,28). The zero-order valence-electron chi connectivity index (χ0n) is 16.5. The normalized spacial score (nSPS) is 15.7. The van der Waals surface area contributed by atoms with Crippen LogP contribution < -0.4 is 21.7 Å². The Morgan fingerprint density at radius 1 is 1.13 bits per heavy atom. The summed E-state index contributed by atoms with van der Waals surface area (Å²) >= 11 is 1.63. The van der Waals surface area contributed by atoms with Crippen LogP contribution in [-0.2, 0) is 11.3 Å². The average molecular weight is 421 g/mol. The van der Waals surface area contributed by atoms with E-state index in [2.05, 4.69) is 16.0 Å². The molecule has 3 aromatic rings. The lowest BCUT2D eigenvalue weighted by atomic mass is 10.1. The van der Waals surface area contributed by atoms with E-state index in [0.29, 0.717) is 23.5 Å². The van der Waals surface area contributed by atoms with Gasteiger partial charge in [-0.2, -0.15) is 0 Å². The molecule has 1 saturated heterocycles. The summed E-state index contributed by atoms with van der Waals surface area (Å²) in [4.78, 5) is 25.9. The van der Waals surface area contributed by atoms with Crippen LogP contribution in [-0.4, -0.2) is 24.4 Å². The Morgan fingerprint density at radius 3 is 2.67 bits per heavy atom. The van der Waals surface area contributed by atoms with E-state index in [0.717, 1.165) is 35.4 Å². The second-order valence-electron chi connectivity index (χ2n) is 7.30. The minimum atomic E-state index is -0.226. The monoisotopic (exact) mass is 420 g/mol. The van der Waals surface area contributed by atoms with Crippen LogP contribution in [0.1, 0.15) is 28.8 Å². The van der Waals surface area contributed by atoms with Crippen molar-refractivity contribution in [2.24, 2.45) is 0 Å². The van der Waals surface area contributed by atoms with Gasteiger partial charge < -0.3 is 21.7 Å². The third kappa shape index (κ3) is 4.69. The van der Waals surface area contributed by atoms with Gasteiger partial charge in [0, 0.05) is 17.0 Å². The number of hydrogen-bond acceptors (Lipinski definition) is 5. The molecule has 0 aliphatic carbocycles. The summed E-state index contributed by atoms with van der Waals surface area (Å²) in [7, 11) is 0. The lowest BCUT2D eigenvalue weighted by Gasteiger charge is -2.12. The van der Waals surface area contributed by atoms with Crippen molar-refractivity contribution in [2.75, 3.05) is 17.6 Å². The summed E-state index contributed by atoms with van der Waals surface area (Å²) in [6.07, 6.45) is 1.91. The summed E-state index contributed by atoms with van der Waals surface area (Å²) in [6, 6.07) is 16.8. The first kappa shape index (κ1) is 20.1. The molecule has 154 valence electrons.